The van der Waals surface area contributed by atoms with Gasteiger partial charge >= 0.3 is 0 Å². The molecule has 0 radical (unpaired) electrons. The molecular weight excluding hydrogens is 156 g/mol. The van der Waals surface area contributed by atoms with E-state index in [9.17, 15) is 0 Å². The summed E-state index contributed by atoms with van der Waals surface area (Å²) >= 11 is 0. The summed E-state index contributed by atoms with van der Waals surface area (Å²) in [4.78, 5) is 0. The molecule has 0 spiro atoms. The van der Waals surface area contributed by atoms with Crippen LogP contribution in [0.25, 0.3) is 11.1 Å². The van der Waals surface area contributed by atoms with E-state index in [2.05, 4.69) is 5.32 Å². The highest BCUT2D eigenvalue weighted by Gasteiger charge is 2.08. The third kappa shape index (κ3) is 0.730. The van der Waals surface area contributed by atoms with Gasteiger partial charge in [-0.15, -0.1) is 0 Å². The number of rotatable bonds is 1. The number of nitrogens with two attached hydrogens (primary N) is 2. The van der Waals surface area contributed by atoms with E-state index >= 15 is 0 Å². The Kier molecular flexibility index (Phi) is 1.21. The number of furan rings is 1. The average Bonchev–Trinajstić information content (AvgIpc) is 2.55. The molecule has 0 unspecified atom stereocenters. The summed E-state index contributed by atoms with van der Waals surface area (Å²) in [6.45, 7) is 0. The van der Waals surface area contributed by atoms with Gasteiger partial charge in [0.1, 0.15) is 11.3 Å². The van der Waals surface area contributed by atoms with E-state index in [1.807, 2.05) is 0 Å². The summed E-state index contributed by atoms with van der Waals surface area (Å²) in [6, 6.07) is 3.49. The van der Waals surface area contributed by atoms with Gasteiger partial charge in [0.15, 0.2) is 11.5 Å². The quantitative estimate of drug-likeness (QED) is 0.541. The molecule has 12 heavy (non-hydrogen) atoms. The van der Waals surface area contributed by atoms with Gasteiger partial charge in [0.05, 0.1) is 0 Å². The highest BCUT2D eigenvalue weighted by atomic mass is 16.3. The summed E-state index contributed by atoms with van der Waals surface area (Å²) in [6.07, 6.45) is 0. The lowest BCUT2D eigenvalue weighted by atomic mass is 10.5. The monoisotopic (exact) mass is 166 g/mol. The molecular formula is C7H10N4O. The van der Waals surface area contributed by atoms with Crippen LogP contribution in [-0.2, 0) is 0 Å². The highest BCUT2D eigenvalue weighted by molar-refractivity contribution is 5.82. The molecule has 0 aliphatic rings. The van der Waals surface area contributed by atoms with Gasteiger partial charge in [-0.2, -0.15) is 0 Å². The van der Waals surface area contributed by atoms with Crippen LogP contribution >= 0.6 is 0 Å². The van der Waals surface area contributed by atoms with Crippen molar-refractivity contribution in [3.8, 4) is 0 Å². The summed E-state index contributed by atoms with van der Waals surface area (Å²) in [5, 5.41) is 2.87. The van der Waals surface area contributed by atoms with Crippen LogP contribution in [-0.4, -0.2) is 11.7 Å². The fourth-order valence-corrected chi connectivity index (χ4v) is 1.15. The maximum Gasteiger partial charge on any atom is 0.195 e. The van der Waals surface area contributed by atoms with Gasteiger partial charge < -0.3 is 21.3 Å². The van der Waals surface area contributed by atoms with Gasteiger partial charge in [0, 0.05) is 19.2 Å². The molecule has 0 bridgehead atoms. The number of nitrogen functional groups attached to an aromatic ring is 2. The molecule has 0 amide bonds. The van der Waals surface area contributed by atoms with E-state index < -0.39 is 0 Å². The van der Waals surface area contributed by atoms with E-state index in [0.717, 1.165) is 5.52 Å². The van der Waals surface area contributed by atoms with Crippen molar-refractivity contribution in [3.05, 3.63) is 12.1 Å². The largest absolute Gasteiger partial charge is 0.439 e. The summed E-state index contributed by atoms with van der Waals surface area (Å²) in [7, 11) is 1.78. The van der Waals surface area contributed by atoms with Crippen molar-refractivity contribution in [1.82, 2.24) is 4.68 Å². The molecule has 5 N–H and O–H groups in total. The van der Waals surface area contributed by atoms with Crippen LogP contribution < -0.4 is 16.9 Å². The standard InChI is InChI=1S/C7H10N4O/c1-10-7-2-4-5(12-7)3-6(8)11(4)9/h2-3,10H,8-9H2,1H3. The SMILES string of the molecule is CNc1cc2c(cc(N)n2N)o1. The number of anilines is 2. The smallest absolute Gasteiger partial charge is 0.195 e. The molecule has 64 valence electrons. The topological polar surface area (TPSA) is 82.1 Å². The Morgan fingerprint density at radius 2 is 2.25 bits per heavy atom. The summed E-state index contributed by atoms with van der Waals surface area (Å²) < 4.78 is 6.72. The third-order valence-electron chi connectivity index (χ3n) is 1.80. The van der Waals surface area contributed by atoms with Crippen molar-refractivity contribution in [2.45, 2.75) is 0 Å². The van der Waals surface area contributed by atoms with Crippen LogP contribution in [0.15, 0.2) is 16.5 Å². The Hall–Kier alpha value is -1.78. The number of nitrogens with zero attached hydrogens (tertiary/aromatic N) is 1. The molecule has 2 rings (SSSR count). The average molecular weight is 166 g/mol. The predicted octanol–water partition coefficient (Wildman–Crippen LogP) is 0.572. The van der Waals surface area contributed by atoms with Crippen LogP contribution in [0.2, 0.25) is 0 Å². The minimum Gasteiger partial charge on any atom is -0.439 e. The summed E-state index contributed by atoms with van der Waals surface area (Å²) in [5.74, 6) is 6.78. The first kappa shape index (κ1) is 6.90. The molecule has 0 atom stereocenters. The van der Waals surface area contributed by atoms with Gasteiger partial charge in [-0.1, -0.05) is 0 Å². The lowest BCUT2D eigenvalue weighted by molar-refractivity contribution is 0.632. The molecule has 5 heteroatoms. The van der Waals surface area contributed by atoms with E-state index in [-0.39, 0.29) is 0 Å². The maximum atomic E-state index is 5.61. The van der Waals surface area contributed by atoms with Gasteiger partial charge in [-0.3, -0.25) is 0 Å². The Morgan fingerprint density at radius 3 is 2.83 bits per heavy atom. The molecule has 0 fully saturated rings. The first-order valence-electron chi connectivity index (χ1n) is 3.56. The fraction of sp³-hybridized carbons (Fsp3) is 0.143. The molecule has 0 saturated heterocycles. The van der Waals surface area contributed by atoms with E-state index in [1.54, 1.807) is 19.2 Å². The van der Waals surface area contributed by atoms with Gasteiger partial charge in [0.2, 0.25) is 0 Å². The first-order chi connectivity index (χ1) is 5.72. The predicted molar refractivity (Wildman–Crippen MR) is 48.3 cm³/mol. The second kappa shape index (κ2) is 2.10. The van der Waals surface area contributed by atoms with E-state index in [4.69, 9.17) is 16.0 Å². The third-order valence-corrected chi connectivity index (χ3v) is 1.80. The number of hydrogen-bond acceptors (Lipinski definition) is 4. The van der Waals surface area contributed by atoms with Gasteiger partial charge in [-0.05, 0) is 0 Å². The van der Waals surface area contributed by atoms with Crippen molar-refractivity contribution in [3.63, 3.8) is 0 Å². The van der Waals surface area contributed by atoms with E-state index in [0.29, 0.717) is 17.3 Å². The molecule has 0 aliphatic carbocycles. The van der Waals surface area contributed by atoms with Crippen LogP contribution in [0, 0.1) is 0 Å². The summed E-state index contributed by atoms with van der Waals surface area (Å²) in [5.41, 5.74) is 7.03. The molecule has 2 heterocycles. The molecule has 0 aromatic carbocycles. The Labute approximate surface area is 68.9 Å². The maximum absolute atomic E-state index is 5.61. The minimum absolute atomic E-state index is 0.492. The van der Waals surface area contributed by atoms with Crippen LogP contribution in [0.3, 0.4) is 0 Å². The minimum atomic E-state index is 0.492. The van der Waals surface area contributed by atoms with E-state index in [1.165, 1.54) is 4.68 Å². The fourth-order valence-electron chi connectivity index (χ4n) is 1.15. The molecule has 5 nitrogen and oxygen atoms in total. The zero-order valence-corrected chi connectivity index (χ0v) is 6.66. The molecule has 0 saturated carbocycles. The van der Waals surface area contributed by atoms with Gasteiger partial charge in [0.25, 0.3) is 0 Å². The van der Waals surface area contributed by atoms with Crippen molar-refractivity contribution < 1.29 is 4.42 Å². The number of fused-ring (bicyclic) bond motifs is 1. The van der Waals surface area contributed by atoms with Crippen LogP contribution in [0.5, 0.6) is 0 Å². The second-order valence-electron chi connectivity index (χ2n) is 2.55. The number of hydrogen-bond donors (Lipinski definition) is 3. The van der Waals surface area contributed by atoms with Crippen molar-refractivity contribution in [2.75, 3.05) is 23.9 Å². The molecule has 0 aliphatic heterocycles. The number of aromatic nitrogens is 1. The Morgan fingerprint density at radius 1 is 1.50 bits per heavy atom. The zero-order valence-electron chi connectivity index (χ0n) is 6.66. The van der Waals surface area contributed by atoms with Crippen molar-refractivity contribution >= 4 is 22.8 Å². The van der Waals surface area contributed by atoms with Crippen LogP contribution in [0.4, 0.5) is 11.7 Å². The number of nitrogens with one attached hydrogen (secondary N) is 1. The van der Waals surface area contributed by atoms with Crippen molar-refractivity contribution in [1.29, 1.82) is 0 Å². The Balaban J connectivity index is 2.71. The molecule has 2 aromatic rings. The lowest BCUT2D eigenvalue weighted by Crippen LogP contribution is -2.10. The first-order valence-corrected chi connectivity index (χ1v) is 3.56. The normalized spacial score (nSPS) is 10.8. The highest BCUT2D eigenvalue weighted by Crippen LogP contribution is 2.25. The lowest BCUT2D eigenvalue weighted by Gasteiger charge is -1.94. The second-order valence-corrected chi connectivity index (χ2v) is 2.55. The van der Waals surface area contributed by atoms with Crippen LogP contribution in [0.1, 0.15) is 0 Å². The van der Waals surface area contributed by atoms with Crippen molar-refractivity contribution in [2.24, 2.45) is 0 Å². The van der Waals surface area contributed by atoms with Gasteiger partial charge in [-0.25, -0.2) is 4.68 Å². The zero-order chi connectivity index (χ0) is 8.72. The molecule has 2 aromatic heterocycles. The Bertz CT molecular complexity index is 414.